The fourth-order valence-corrected chi connectivity index (χ4v) is 3.91. The van der Waals surface area contributed by atoms with E-state index in [1.54, 1.807) is 18.6 Å². The molecule has 4 rings (SSSR count). The highest BCUT2D eigenvalue weighted by Gasteiger charge is 2.24. The second-order valence-electron chi connectivity index (χ2n) is 7.43. The normalized spacial score (nSPS) is 14.2. The van der Waals surface area contributed by atoms with Gasteiger partial charge in [0.2, 0.25) is 0 Å². The zero-order valence-electron chi connectivity index (χ0n) is 17.0. The minimum absolute atomic E-state index is 0.198. The van der Waals surface area contributed by atoms with Crippen molar-refractivity contribution in [3.05, 3.63) is 96.1 Å². The highest BCUT2D eigenvalue weighted by atomic mass is 16.5. The van der Waals surface area contributed by atoms with Crippen LogP contribution in [0.25, 0.3) is 0 Å². The van der Waals surface area contributed by atoms with Gasteiger partial charge < -0.3 is 14.0 Å². The first-order chi connectivity index (χ1) is 14.8. The molecule has 0 N–H and O–H groups in total. The average molecular weight is 402 g/mol. The van der Waals surface area contributed by atoms with Gasteiger partial charge in [-0.3, -0.25) is 4.79 Å². The van der Waals surface area contributed by atoms with Gasteiger partial charge in [-0.25, -0.2) is 4.98 Å². The van der Waals surface area contributed by atoms with Crippen LogP contribution in [-0.4, -0.2) is 21.9 Å². The second-order valence-corrected chi connectivity index (χ2v) is 7.43. The van der Waals surface area contributed by atoms with Crippen molar-refractivity contribution < 1.29 is 14.3 Å². The molecule has 0 saturated carbocycles. The number of carbonyl (C=O) groups excluding carboxylic acids is 1. The number of aromatic nitrogens is 2. The SMILES string of the molecule is C=CCOCc1c(OC(Cn2ccnc2)c2ccccc2)ccc2c1CCCC2=O. The molecule has 2 aromatic carbocycles. The van der Waals surface area contributed by atoms with Crippen LogP contribution in [-0.2, 0) is 24.3 Å². The van der Waals surface area contributed by atoms with Crippen molar-refractivity contribution in [2.45, 2.75) is 38.5 Å². The van der Waals surface area contributed by atoms with Crippen molar-refractivity contribution in [1.82, 2.24) is 9.55 Å². The topological polar surface area (TPSA) is 53.4 Å². The van der Waals surface area contributed by atoms with Gasteiger partial charge in [0.1, 0.15) is 11.9 Å². The van der Waals surface area contributed by atoms with E-state index in [2.05, 4.69) is 23.7 Å². The van der Waals surface area contributed by atoms with Gasteiger partial charge in [-0.2, -0.15) is 0 Å². The monoisotopic (exact) mass is 402 g/mol. The minimum atomic E-state index is -0.198. The zero-order chi connectivity index (χ0) is 20.8. The average Bonchev–Trinajstić information content (AvgIpc) is 3.28. The molecular formula is C25H26N2O3. The summed E-state index contributed by atoms with van der Waals surface area (Å²) in [6.07, 6.45) is 9.35. The molecule has 0 radical (unpaired) electrons. The number of imidazole rings is 1. The summed E-state index contributed by atoms with van der Waals surface area (Å²) in [5, 5.41) is 0. The van der Waals surface area contributed by atoms with Gasteiger partial charge >= 0.3 is 0 Å². The van der Waals surface area contributed by atoms with E-state index in [-0.39, 0.29) is 11.9 Å². The van der Waals surface area contributed by atoms with Gasteiger partial charge in [-0.05, 0) is 36.1 Å². The number of fused-ring (bicyclic) bond motifs is 1. The number of ether oxygens (including phenoxy) is 2. The van der Waals surface area contributed by atoms with Crippen LogP contribution in [0, 0.1) is 0 Å². The van der Waals surface area contributed by atoms with Crippen LogP contribution in [0.2, 0.25) is 0 Å². The smallest absolute Gasteiger partial charge is 0.163 e. The highest BCUT2D eigenvalue weighted by Crippen LogP contribution is 2.34. The van der Waals surface area contributed by atoms with E-state index < -0.39 is 0 Å². The van der Waals surface area contributed by atoms with E-state index in [1.165, 1.54) is 0 Å². The molecule has 0 fully saturated rings. The van der Waals surface area contributed by atoms with Gasteiger partial charge in [0.05, 0.1) is 26.1 Å². The molecular weight excluding hydrogens is 376 g/mol. The zero-order valence-corrected chi connectivity index (χ0v) is 17.0. The lowest BCUT2D eigenvalue weighted by atomic mass is 9.87. The van der Waals surface area contributed by atoms with Crippen LogP contribution in [0.3, 0.4) is 0 Å². The maximum atomic E-state index is 12.4. The molecule has 30 heavy (non-hydrogen) atoms. The molecule has 1 heterocycles. The molecule has 3 aromatic rings. The third kappa shape index (κ3) is 4.52. The third-order valence-corrected chi connectivity index (χ3v) is 5.38. The Morgan fingerprint density at radius 3 is 2.80 bits per heavy atom. The standard InChI is InChI=1S/C25H26N2O3/c1-2-15-29-17-22-20-9-6-10-23(28)21(20)11-12-24(22)30-25(16-27-14-13-26-18-27)19-7-4-3-5-8-19/h2-5,7-8,11-14,18,25H,1,6,9-10,15-17H2. The van der Waals surface area contributed by atoms with Crippen molar-refractivity contribution in [3.63, 3.8) is 0 Å². The number of Topliss-reactive ketones (excluding diaryl/α,β-unsaturated/α-hetero) is 1. The fourth-order valence-electron chi connectivity index (χ4n) is 3.91. The lowest BCUT2D eigenvalue weighted by Gasteiger charge is -2.25. The third-order valence-electron chi connectivity index (χ3n) is 5.38. The molecule has 5 nitrogen and oxygen atoms in total. The number of ketones is 1. The Bertz CT molecular complexity index is 997. The fraction of sp³-hybridized carbons (Fsp3) is 0.280. The van der Waals surface area contributed by atoms with Crippen molar-refractivity contribution in [3.8, 4) is 5.75 Å². The second kappa shape index (κ2) is 9.55. The first-order valence-electron chi connectivity index (χ1n) is 10.3. The maximum Gasteiger partial charge on any atom is 0.163 e. The predicted octanol–water partition coefficient (Wildman–Crippen LogP) is 4.93. The van der Waals surface area contributed by atoms with Crippen LogP contribution in [0.15, 0.2) is 73.8 Å². The summed E-state index contributed by atoms with van der Waals surface area (Å²) in [5.74, 6) is 0.965. The van der Waals surface area contributed by atoms with Gasteiger partial charge in [0.15, 0.2) is 5.78 Å². The Balaban J connectivity index is 1.69. The number of hydrogen-bond donors (Lipinski definition) is 0. The van der Waals surface area contributed by atoms with Crippen molar-refractivity contribution in [1.29, 1.82) is 0 Å². The van der Waals surface area contributed by atoms with Crippen LogP contribution in [0.4, 0.5) is 0 Å². The predicted molar refractivity (Wildman–Crippen MR) is 116 cm³/mol. The molecule has 1 aliphatic carbocycles. The summed E-state index contributed by atoms with van der Waals surface area (Å²) in [6, 6.07) is 14.0. The number of rotatable bonds is 9. The highest BCUT2D eigenvalue weighted by molar-refractivity contribution is 5.99. The maximum absolute atomic E-state index is 12.4. The summed E-state index contributed by atoms with van der Waals surface area (Å²) in [7, 11) is 0. The lowest BCUT2D eigenvalue weighted by molar-refractivity contribution is 0.0970. The summed E-state index contributed by atoms with van der Waals surface area (Å²) in [4.78, 5) is 16.6. The molecule has 0 spiro atoms. The molecule has 0 bridgehead atoms. The van der Waals surface area contributed by atoms with E-state index in [0.29, 0.717) is 26.2 Å². The molecule has 5 heteroatoms. The van der Waals surface area contributed by atoms with Crippen LogP contribution >= 0.6 is 0 Å². The van der Waals surface area contributed by atoms with Gasteiger partial charge in [-0.1, -0.05) is 36.4 Å². The van der Waals surface area contributed by atoms with E-state index >= 15 is 0 Å². The molecule has 154 valence electrons. The van der Waals surface area contributed by atoms with Crippen LogP contribution in [0.1, 0.15) is 46.0 Å². The van der Waals surface area contributed by atoms with Crippen LogP contribution < -0.4 is 4.74 Å². The number of carbonyl (C=O) groups is 1. The summed E-state index contributed by atoms with van der Waals surface area (Å²) < 4.78 is 14.4. The van der Waals surface area contributed by atoms with E-state index in [1.807, 2.05) is 41.1 Å². The number of benzene rings is 2. The van der Waals surface area contributed by atoms with Gasteiger partial charge in [0.25, 0.3) is 0 Å². The summed E-state index contributed by atoms with van der Waals surface area (Å²) in [6.45, 7) is 5.20. The Kier molecular flexibility index (Phi) is 6.40. The quantitative estimate of drug-likeness (QED) is 0.376. The number of hydrogen-bond acceptors (Lipinski definition) is 4. The molecule has 1 unspecified atom stereocenters. The first-order valence-corrected chi connectivity index (χ1v) is 10.3. The van der Waals surface area contributed by atoms with Crippen molar-refractivity contribution in [2.24, 2.45) is 0 Å². The van der Waals surface area contributed by atoms with Crippen LogP contribution in [0.5, 0.6) is 5.75 Å². The van der Waals surface area contributed by atoms with E-state index in [4.69, 9.17) is 9.47 Å². The first kappa shape index (κ1) is 20.1. The van der Waals surface area contributed by atoms with Crippen molar-refractivity contribution in [2.75, 3.05) is 6.61 Å². The Morgan fingerprint density at radius 1 is 1.17 bits per heavy atom. The summed E-state index contributed by atoms with van der Waals surface area (Å²) in [5.41, 5.74) is 3.91. The summed E-state index contributed by atoms with van der Waals surface area (Å²) >= 11 is 0. The lowest BCUT2D eigenvalue weighted by Crippen LogP contribution is -2.18. The molecule has 1 aromatic heterocycles. The molecule has 0 aliphatic heterocycles. The van der Waals surface area contributed by atoms with E-state index in [9.17, 15) is 4.79 Å². The van der Waals surface area contributed by atoms with Gasteiger partial charge in [-0.15, -0.1) is 6.58 Å². The van der Waals surface area contributed by atoms with Crippen molar-refractivity contribution >= 4 is 5.78 Å². The molecule has 1 atom stereocenters. The number of nitrogens with zero attached hydrogens (tertiary/aromatic N) is 2. The molecule has 1 aliphatic rings. The van der Waals surface area contributed by atoms with E-state index in [0.717, 1.165) is 40.8 Å². The Morgan fingerprint density at radius 2 is 2.03 bits per heavy atom. The minimum Gasteiger partial charge on any atom is -0.483 e. The molecule has 0 saturated heterocycles. The Hall–Kier alpha value is -3.18. The van der Waals surface area contributed by atoms with Gasteiger partial charge in [0, 0.05) is 29.9 Å². The largest absolute Gasteiger partial charge is 0.483 e. The molecule has 0 amide bonds. The Labute approximate surface area is 177 Å².